The van der Waals surface area contributed by atoms with Gasteiger partial charge in [-0.2, -0.15) is 0 Å². The molecule has 2 heterocycles. The Kier molecular flexibility index (Phi) is 3.25. The summed E-state index contributed by atoms with van der Waals surface area (Å²) in [7, 11) is 0. The van der Waals surface area contributed by atoms with Crippen molar-refractivity contribution < 1.29 is 5.11 Å². The number of aromatic nitrogens is 3. The molecule has 0 aliphatic heterocycles. The topological polar surface area (TPSA) is 50.4 Å². The Balaban J connectivity index is 1.58. The van der Waals surface area contributed by atoms with E-state index in [4.69, 9.17) is 11.6 Å². The Hall–Kier alpha value is -1.91. The van der Waals surface area contributed by atoms with Crippen LogP contribution in [0.2, 0.25) is 5.02 Å². The van der Waals surface area contributed by atoms with Gasteiger partial charge >= 0.3 is 0 Å². The summed E-state index contributed by atoms with van der Waals surface area (Å²) in [5.41, 5.74) is 2.61. The lowest BCUT2D eigenvalue weighted by Crippen LogP contribution is -2.23. The van der Waals surface area contributed by atoms with E-state index in [1.807, 2.05) is 24.4 Å². The minimum atomic E-state index is -0.485. The standard InChI is InChI=1S/C20H20ClN3O/c21-16-6-2-1-4-14(16)12-15-5-3-11-24-17(15)22-23-18(24)19-7-9-20(25,13-19)10-8-19/h1-6,11,25H,7-10,12-13H2. The lowest BCUT2D eigenvalue weighted by Gasteiger charge is -2.24. The molecule has 2 bridgehead atoms. The molecule has 1 N–H and O–H groups in total. The third-order valence-corrected chi connectivity index (χ3v) is 6.50. The second-order valence-electron chi connectivity index (χ2n) is 7.70. The molecule has 0 saturated heterocycles. The fourth-order valence-electron chi connectivity index (χ4n) is 4.80. The SMILES string of the molecule is OC12CCC(c3nnc4c(Cc5ccccc5Cl)cccn34)(CC1)C2. The maximum absolute atomic E-state index is 10.6. The van der Waals surface area contributed by atoms with Gasteiger partial charge in [-0.1, -0.05) is 35.9 Å². The molecule has 2 aromatic heterocycles. The van der Waals surface area contributed by atoms with E-state index < -0.39 is 5.60 Å². The van der Waals surface area contributed by atoms with Gasteiger partial charge in [-0.25, -0.2) is 0 Å². The van der Waals surface area contributed by atoms with Gasteiger partial charge in [0.1, 0.15) is 5.82 Å². The van der Waals surface area contributed by atoms with Gasteiger partial charge in [0, 0.05) is 28.6 Å². The van der Waals surface area contributed by atoms with Crippen LogP contribution in [-0.2, 0) is 11.8 Å². The maximum Gasteiger partial charge on any atom is 0.164 e. The van der Waals surface area contributed by atoms with Gasteiger partial charge in [-0.05, 0) is 49.8 Å². The number of nitrogens with zero attached hydrogens (tertiary/aromatic N) is 3. The summed E-state index contributed by atoms with van der Waals surface area (Å²) in [4.78, 5) is 0. The second-order valence-corrected chi connectivity index (χ2v) is 8.11. The fourth-order valence-corrected chi connectivity index (χ4v) is 5.00. The van der Waals surface area contributed by atoms with Gasteiger partial charge in [0.05, 0.1) is 5.60 Å². The zero-order valence-electron chi connectivity index (χ0n) is 14.0. The van der Waals surface area contributed by atoms with Crippen molar-refractivity contribution >= 4 is 17.2 Å². The molecule has 0 unspecified atom stereocenters. The highest BCUT2D eigenvalue weighted by Gasteiger charge is 2.56. The number of hydrogen-bond acceptors (Lipinski definition) is 3. The molecule has 0 amide bonds. The summed E-state index contributed by atoms with van der Waals surface area (Å²) < 4.78 is 2.13. The number of aliphatic hydroxyl groups is 1. The van der Waals surface area contributed by atoms with Crippen LogP contribution in [0.15, 0.2) is 42.6 Å². The minimum Gasteiger partial charge on any atom is -0.390 e. The van der Waals surface area contributed by atoms with Crippen molar-refractivity contribution in [2.24, 2.45) is 0 Å². The third kappa shape index (κ3) is 2.31. The van der Waals surface area contributed by atoms with E-state index in [0.717, 1.165) is 66.1 Å². The molecule has 25 heavy (non-hydrogen) atoms. The van der Waals surface area contributed by atoms with Crippen LogP contribution in [0.1, 0.15) is 49.1 Å². The summed E-state index contributed by atoms with van der Waals surface area (Å²) in [6.45, 7) is 0. The van der Waals surface area contributed by atoms with Crippen molar-refractivity contribution in [3.05, 3.63) is 64.6 Å². The molecule has 0 radical (unpaired) electrons. The average Bonchev–Trinajstić information content (AvgIpc) is 3.28. The van der Waals surface area contributed by atoms with Crippen molar-refractivity contribution in [3.63, 3.8) is 0 Å². The second kappa shape index (κ2) is 5.29. The molecule has 0 atom stereocenters. The summed E-state index contributed by atoms with van der Waals surface area (Å²) >= 11 is 6.33. The first kappa shape index (κ1) is 15.4. The number of halogens is 1. The van der Waals surface area contributed by atoms with Crippen molar-refractivity contribution in [3.8, 4) is 0 Å². The summed E-state index contributed by atoms with van der Waals surface area (Å²) in [5, 5.41) is 20.4. The Bertz CT molecular complexity index is 956. The van der Waals surface area contributed by atoms with Gasteiger partial charge in [-0.3, -0.25) is 4.40 Å². The lowest BCUT2D eigenvalue weighted by molar-refractivity contribution is 0.0521. The summed E-state index contributed by atoms with van der Waals surface area (Å²) in [6.07, 6.45) is 7.35. The molecular formula is C20H20ClN3O. The molecule has 3 aromatic rings. The zero-order chi connectivity index (χ0) is 17.1. The van der Waals surface area contributed by atoms with Gasteiger partial charge < -0.3 is 5.11 Å². The molecule has 2 saturated carbocycles. The normalized spacial score (nSPS) is 28.1. The van der Waals surface area contributed by atoms with Crippen LogP contribution in [-0.4, -0.2) is 25.3 Å². The lowest BCUT2D eigenvalue weighted by atomic mass is 9.83. The van der Waals surface area contributed by atoms with Crippen LogP contribution >= 0.6 is 11.6 Å². The molecule has 2 aliphatic rings. The largest absolute Gasteiger partial charge is 0.390 e. The van der Waals surface area contributed by atoms with Crippen molar-refractivity contribution in [1.29, 1.82) is 0 Å². The van der Waals surface area contributed by atoms with Crippen molar-refractivity contribution in [2.45, 2.75) is 49.5 Å². The molecule has 4 nitrogen and oxygen atoms in total. The Labute approximate surface area is 151 Å². The molecule has 128 valence electrons. The number of pyridine rings is 1. The van der Waals surface area contributed by atoms with E-state index in [0.29, 0.717) is 0 Å². The van der Waals surface area contributed by atoms with Crippen LogP contribution in [0.4, 0.5) is 0 Å². The predicted octanol–water partition coefficient (Wildman–Crippen LogP) is 3.92. The van der Waals surface area contributed by atoms with Gasteiger partial charge in [-0.15, -0.1) is 10.2 Å². The summed E-state index contributed by atoms with van der Waals surface area (Å²) in [6, 6.07) is 12.1. The molecule has 5 heteroatoms. The van der Waals surface area contributed by atoms with Crippen molar-refractivity contribution in [1.82, 2.24) is 14.6 Å². The molecular weight excluding hydrogens is 334 g/mol. The highest BCUT2D eigenvalue weighted by atomic mass is 35.5. The van der Waals surface area contributed by atoms with Crippen LogP contribution < -0.4 is 0 Å². The predicted molar refractivity (Wildman–Crippen MR) is 97.0 cm³/mol. The quantitative estimate of drug-likeness (QED) is 0.776. The number of fused-ring (bicyclic) bond motifs is 3. The highest BCUT2D eigenvalue weighted by Crippen LogP contribution is 2.57. The van der Waals surface area contributed by atoms with E-state index >= 15 is 0 Å². The first-order valence-corrected chi connectivity index (χ1v) is 9.25. The Morgan fingerprint density at radius 2 is 1.76 bits per heavy atom. The van der Waals surface area contributed by atoms with Gasteiger partial charge in [0.15, 0.2) is 5.65 Å². The van der Waals surface area contributed by atoms with Crippen LogP contribution in [0, 0.1) is 0 Å². The number of rotatable bonds is 3. The van der Waals surface area contributed by atoms with Crippen molar-refractivity contribution in [2.75, 3.05) is 0 Å². The van der Waals surface area contributed by atoms with E-state index in [2.05, 4.69) is 32.8 Å². The van der Waals surface area contributed by atoms with E-state index in [1.54, 1.807) is 0 Å². The third-order valence-electron chi connectivity index (χ3n) is 6.13. The van der Waals surface area contributed by atoms with E-state index in [9.17, 15) is 5.11 Å². The van der Waals surface area contributed by atoms with E-state index in [1.165, 1.54) is 0 Å². The Morgan fingerprint density at radius 1 is 1.00 bits per heavy atom. The summed E-state index contributed by atoms with van der Waals surface area (Å²) in [5.74, 6) is 1.01. The zero-order valence-corrected chi connectivity index (χ0v) is 14.7. The first-order chi connectivity index (χ1) is 12.1. The molecule has 5 rings (SSSR count). The minimum absolute atomic E-state index is 0.0167. The molecule has 0 spiro atoms. The van der Waals surface area contributed by atoms with Crippen LogP contribution in [0.25, 0.3) is 5.65 Å². The van der Waals surface area contributed by atoms with E-state index in [-0.39, 0.29) is 5.41 Å². The fraction of sp³-hybridized carbons (Fsp3) is 0.400. The molecule has 1 aromatic carbocycles. The van der Waals surface area contributed by atoms with Gasteiger partial charge in [0.25, 0.3) is 0 Å². The molecule has 2 aliphatic carbocycles. The first-order valence-electron chi connectivity index (χ1n) is 8.88. The van der Waals surface area contributed by atoms with Crippen LogP contribution in [0.5, 0.6) is 0 Å². The molecule has 2 fully saturated rings. The van der Waals surface area contributed by atoms with Crippen LogP contribution in [0.3, 0.4) is 0 Å². The number of benzene rings is 1. The Morgan fingerprint density at radius 3 is 2.48 bits per heavy atom. The smallest absolute Gasteiger partial charge is 0.164 e. The highest BCUT2D eigenvalue weighted by molar-refractivity contribution is 6.31. The average molecular weight is 354 g/mol. The monoisotopic (exact) mass is 353 g/mol. The van der Waals surface area contributed by atoms with Gasteiger partial charge in [0.2, 0.25) is 0 Å². The number of hydrogen-bond donors (Lipinski definition) is 1. The maximum atomic E-state index is 10.6.